The molecule has 0 bridgehead atoms. The Kier molecular flexibility index (Phi) is 7.18. The molecule has 0 radical (unpaired) electrons. The molecule has 0 saturated carbocycles. The maximum Gasteiger partial charge on any atom is 0.227 e. The molecule has 122 valence electrons. The van der Waals surface area contributed by atoms with Gasteiger partial charge in [-0.25, -0.2) is 0 Å². The zero-order chi connectivity index (χ0) is 15.8. The smallest absolute Gasteiger partial charge is 0.227 e. The number of hydrogen-bond donors (Lipinski definition) is 2. The van der Waals surface area contributed by atoms with E-state index in [1.807, 2.05) is 30.0 Å². The minimum Gasteiger partial charge on any atom is -0.380 e. The van der Waals surface area contributed by atoms with E-state index in [4.69, 9.17) is 10.5 Å². The van der Waals surface area contributed by atoms with Gasteiger partial charge in [-0.2, -0.15) is 11.8 Å². The van der Waals surface area contributed by atoms with Gasteiger partial charge in [0.1, 0.15) is 0 Å². The molecule has 0 aliphatic carbocycles. The van der Waals surface area contributed by atoms with Crippen molar-refractivity contribution in [2.75, 3.05) is 43.6 Å². The molecule has 1 unspecified atom stereocenters. The van der Waals surface area contributed by atoms with E-state index in [0.29, 0.717) is 6.54 Å². The summed E-state index contributed by atoms with van der Waals surface area (Å²) in [5, 5.41) is 2.92. The molecule has 1 fully saturated rings. The number of benzene rings is 1. The van der Waals surface area contributed by atoms with Crippen LogP contribution in [-0.4, -0.2) is 55.2 Å². The van der Waals surface area contributed by atoms with E-state index in [0.717, 1.165) is 25.3 Å². The standard InChI is InChI=1S/C16H25N3O2S/c1-21-15(11-17)10-16(20)18-14-4-2-3-13(9-14)12-19-5-7-22-8-6-19/h2-4,9,15H,5-8,10-12,17H2,1H3,(H,18,20). The molecule has 1 saturated heterocycles. The molecule has 6 heteroatoms. The van der Waals surface area contributed by atoms with Gasteiger partial charge in [0.25, 0.3) is 0 Å². The van der Waals surface area contributed by atoms with Crippen molar-refractivity contribution >= 4 is 23.4 Å². The number of anilines is 1. The lowest BCUT2D eigenvalue weighted by Gasteiger charge is -2.26. The monoisotopic (exact) mass is 323 g/mol. The predicted molar refractivity (Wildman–Crippen MR) is 92.1 cm³/mol. The molecule has 2 rings (SSSR count). The van der Waals surface area contributed by atoms with Gasteiger partial charge < -0.3 is 15.8 Å². The molecule has 22 heavy (non-hydrogen) atoms. The highest BCUT2D eigenvalue weighted by molar-refractivity contribution is 7.99. The zero-order valence-electron chi connectivity index (χ0n) is 13.1. The minimum atomic E-state index is -0.228. The maximum absolute atomic E-state index is 12.0. The van der Waals surface area contributed by atoms with Crippen molar-refractivity contribution in [3.63, 3.8) is 0 Å². The van der Waals surface area contributed by atoms with Gasteiger partial charge in [0.15, 0.2) is 0 Å². The molecule has 1 aliphatic heterocycles. The van der Waals surface area contributed by atoms with E-state index < -0.39 is 0 Å². The van der Waals surface area contributed by atoms with Crippen LogP contribution in [0.3, 0.4) is 0 Å². The first-order valence-corrected chi connectivity index (χ1v) is 8.78. The van der Waals surface area contributed by atoms with Gasteiger partial charge >= 0.3 is 0 Å². The Morgan fingerprint density at radius 3 is 2.91 bits per heavy atom. The van der Waals surface area contributed by atoms with Crippen molar-refractivity contribution in [1.29, 1.82) is 0 Å². The second-order valence-corrected chi connectivity index (χ2v) is 6.66. The third-order valence-electron chi connectivity index (χ3n) is 3.73. The number of ether oxygens (including phenoxy) is 1. The number of nitrogens with one attached hydrogen (secondary N) is 1. The molecule has 1 aliphatic rings. The van der Waals surface area contributed by atoms with E-state index in [-0.39, 0.29) is 18.4 Å². The van der Waals surface area contributed by atoms with Crippen LogP contribution < -0.4 is 11.1 Å². The van der Waals surface area contributed by atoms with Gasteiger partial charge in [0.05, 0.1) is 12.5 Å². The molecule has 1 aromatic rings. The molecular formula is C16H25N3O2S. The third-order valence-corrected chi connectivity index (χ3v) is 4.67. The van der Waals surface area contributed by atoms with Crippen LogP contribution >= 0.6 is 11.8 Å². The quantitative estimate of drug-likeness (QED) is 0.797. The van der Waals surface area contributed by atoms with Gasteiger partial charge in [-0.3, -0.25) is 9.69 Å². The SMILES string of the molecule is COC(CN)CC(=O)Nc1cccc(CN2CCSCC2)c1. The van der Waals surface area contributed by atoms with E-state index in [9.17, 15) is 4.79 Å². The summed E-state index contributed by atoms with van der Waals surface area (Å²) in [6.07, 6.45) is 0.0506. The van der Waals surface area contributed by atoms with Crippen molar-refractivity contribution < 1.29 is 9.53 Å². The average Bonchev–Trinajstić information content (AvgIpc) is 2.54. The second-order valence-electron chi connectivity index (χ2n) is 5.43. The highest BCUT2D eigenvalue weighted by Crippen LogP contribution is 2.16. The van der Waals surface area contributed by atoms with Crippen LogP contribution in [-0.2, 0) is 16.1 Å². The van der Waals surface area contributed by atoms with Crippen molar-refractivity contribution in [2.45, 2.75) is 19.1 Å². The first-order chi connectivity index (χ1) is 10.7. The van der Waals surface area contributed by atoms with Gasteiger partial charge in [-0.1, -0.05) is 12.1 Å². The van der Waals surface area contributed by atoms with E-state index >= 15 is 0 Å². The first kappa shape index (κ1) is 17.3. The summed E-state index contributed by atoms with van der Waals surface area (Å²) in [5.41, 5.74) is 7.60. The molecule has 1 amide bonds. The number of amides is 1. The summed E-state index contributed by atoms with van der Waals surface area (Å²) >= 11 is 2.01. The molecule has 1 heterocycles. The van der Waals surface area contributed by atoms with Crippen LogP contribution in [0.25, 0.3) is 0 Å². The number of nitrogens with zero attached hydrogens (tertiary/aromatic N) is 1. The average molecular weight is 323 g/mol. The molecule has 1 atom stereocenters. The Morgan fingerprint density at radius 2 is 2.23 bits per heavy atom. The van der Waals surface area contributed by atoms with E-state index in [1.54, 1.807) is 7.11 Å². The number of carbonyl (C=O) groups is 1. The van der Waals surface area contributed by atoms with Crippen LogP contribution in [0.4, 0.5) is 5.69 Å². The Morgan fingerprint density at radius 1 is 1.45 bits per heavy atom. The van der Waals surface area contributed by atoms with Crippen LogP contribution in [0, 0.1) is 0 Å². The first-order valence-electron chi connectivity index (χ1n) is 7.63. The number of hydrogen-bond acceptors (Lipinski definition) is 5. The Bertz CT molecular complexity index is 474. The van der Waals surface area contributed by atoms with Crippen LogP contribution in [0.5, 0.6) is 0 Å². The molecule has 5 nitrogen and oxygen atoms in total. The summed E-state index contributed by atoms with van der Waals surface area (Å²) in [7, 11) is 1.57. The van der Waals surface area contributed by atoms with Crippen molar-refractivity contribution in [1.82, 2.24) is 4.90 Å². The zero-order valence-corrected chi connectivity index (χ0v) is 13.9. The number of thioether (sulfide) groups is 1. The second kappa shape index (κ2) is 9.15. The highest BCUT2D eigenvalue weighted by Gasteiger charge is 2.13. The van der Waals surface area contributed by atoms with Crippen molar-refractivity contribution in [3.05, 3.63) is 29.8 Å². The Hall–Kier alpha value is -1.08. The molecule has 1 aromatic carbocycles. The lowest BCUT2D eigenvalue weighted by atomic mass is 10.1. The number of methoxy groups -OCH3 is 1. The summed E-state index contributed by atoms with van der Waals surface area (Å²) in [5.74, 6) is 2.34. The minimum absolute atomic E-state index is 0.0659. The van der Waals surface area contributed by atoms with Crippen LogP contribution in [0.2, 0.25) is 0 Å². The summed E-state index contributed by atoms with van der Waals surface area (Å²) in [6, 6.07) is 8.05. The molecule has 0 aromatic heterocycles. The molecule has 3 N–H and O–H groups in total. The number of nitrogens with two attached hydrogens (primary N) is 1. The summed E-state index contributed by atoms with van der Waals surface area (Å²) in [6.45, 7) is 3.55. The topological polar surface area (TPSA) is 67.6 Å². The maximum atomic E-state index is 12.0. The number of carbonyl (C=O) groups excluding carboxylic acids is 1. The fraction of sp³-hybridized carbons (Fsp3) is 0.562. The van der Waals surface area contributed by atoms with Crippen molar-refractivity contribution in [2.24, 2.45) is 5.73 Å². The molecular weight excluding hydrogens is 298 g/mol. The highest BCUT2D eigenvalue weighted by atomic mass is 32.2. The lowest BCUT2D eigenvalue weighted by Crippen LogP contribution is -2.32. The predicted octanol–water partition coefficient (Wildman–Crippen LogP) is 1.54. The molecule has 0 spiro atoms. The Balaban J connectivity index is 1.88. The largest absolute Gasteiger partial charge is 0.380 e. The lowest BCUT2D eigenvalue weighted by molar-refractivity contribution is -0.118. The van der Waals surface area contributed by atoms with Gasteiger partial charge in [-0.05, 0) is 17.7 Å². The van der Waals surface area contributed by atoms with Crippen LogP contribution in [0.15, 0.2) is 24.3 Å². The number of rotatable bonds is 7. The summed E-state index contributed by atoms with van der Waals surface area (Å²) in [4.78, 5) is 14.4. The fourth-order valence-corrected chi connectivity index (χ4v) is 3.43. The van der Waals surface area contributed by atoms with Crippen molar-refractivity contribution in [3.8, 4) is 0 Å². The fourth-order valence-electron chi connectivity index (χ4n) is 2.45. The van der Waals surface area contributed by atoms with E-state index in [2.05, 4.69) is 16.3 Å². The van der Waals surface area contributed by atoms with Crippen LogP contribution in [0.1, 0.15) is 12.0 Å². The Labute approximate surface area is 136 Å². The van der Waals surface area contributed by atoms with Gasteiger partial charge in [0, 0.05) is 50.5 Å². The van der Waals surface area contributed by atoms with Gasteiger partial charge in [0.2, 0.25) is 5.91 Å². The third kappa shape index (κ3) is 5.61. The summed E-state index contributed by atoms with van der Waals surface area (Å²) < 4.78 is 5.14. The normalized spacial score (nSPS) is 17.2. The van der Waals surface area contributed by atoms with Gasteiger partial charge in [-0.15, -0.1) is 0 Å². The van der Waals surface area contributed by atoms with E-state index in [1.165, 1.54) is 17.1 Å².